The lowest BCUT2D eigenvalue weighted by molar-refractivity contribution is -0.139. The van der Waals surface area contributed by atoms with Gasteiger partial charge in [-0.1, -0.05) is 25.1 Å². The second kappa shape index (κ2) is 7.56. The second-order valence-electron chi connectivity index (χ2n) is 6.42. The van der Waals surface area contributed by atoms with Crippen LogP contribution in [0.1, 0.15) is 68.7 Å². The van der Waals surface area contributed by atoms with Gasteiger partial charge in [-0.15, -0.1) is 0 Å². The van der Waals surface area contributed by atoms with Crippen LogP contribution in [0.5, 0.6) is 0 Å². The van der Waals surface area contributed by atoms with E-state index in [9.17, 15) is 19.5 Å². The molecule has 1 atom stereocenters. The van der Waals surface area contributed by atoms with Gasteiger partial charge in [0, 0.05) is 11.3 Å². The van der Waals surface area contributed by atoms with Crippen molar-refractivity contribution in [2.45, 2.75) is 47.1 Å². The third-order valence-electron chi connectivity index (χ3n) is 4.70. The zero-order valence-corrected chi connectivity index (χ0v) is 15.7. The Labute approximate surface area is 152 Å². The summed E-state index contributed by atoms with van der Waals surface area (Å²) in [5, 5.41) is 12.2. The number of carbonyl (C=O) groups is 3. The topological polar surface area (TPSA) is 99.3 Å². The molecule has 2 rings (SSSR count). The maximum Gasteiger partial charge on any atom is 0.330 e. The van der Waals surface area contributed by atoms with E-state index in [-0.39, 0.29) is 11.5 Å². The number of hydrogen-bond acceptors (Lipinski definition) is 3. The molecule has 0 aliphatic heterocycles. The Kier molecular flexibility index (Phi) is 5.65. The van der Waals surface area contributed by atoms with Crippen LogP contribution in [0.15, 0.2) is 18.2 Å². The van der Waals surface area contributed by atoms with E-state index in [1.54, 1.807) is 19.1 Å². The van der Waals surface area contributed by atoms with E-state index in [0.29, 0.717) is 28.8 Å². The normalized spacial score (nSPS) is 11.9. The number of Topliss-reactive ketones (excluding diaryl/α,β-unsaturated/α-hetero) is 1. The molecule has 1 amide bonds. The number of carboxylic acids is 1. The van der Waals surface area contributed by atoms with E-state index < -0.39 is 17.9 Å². The van der Waals surface area contributed by atoms with Crippen molar-refractivity contribution in [2.75, 3.05) is 0 Å². The fourth-order valence-electron chi connectivity index (χ4n) is 3.26. The number of nitrogens with one attached hydrogen (secondary N) is 2. The first-order chi connectivity index (χ1) is 12.2. The van der Waals surface area contributed by atoms with Crippen LogP contribution in [0.25, 0.3) is 0 Å². The number of aromatic amines is 1. The molecule has 0 saturated heterocycles. The number of aliphatic carboxylic acids is 1. The number of ketones is 1. The molecule has 6 nitrogen and oxygen atoms in total. The van der Waals surface area contributed by atoms with Crippen LogP contribution in [0, 0.1) is 20.8 Å². The molecule has 0 radical (unpaired) electrons. The molecule has 1 aromatic heterocycles. The van der Waals surface area contributed by atoms with Crippen LogP contribution in [0.4, 0.5) is 0 Å². The number of amides is 1. The van der Waals surface area contributed by atoms with Gasteiger partial charge in [-0.2, -0.15) is 0 Å². The molecule has 26 heavy (non-hydrogen) atoms. The quantitative estimate of drug-likeness (QED) is 0.692. The number of H-pyrrole nitrogens is 1. The van der Waals surface area contributed by atoms with E-state index in [1.165, 1.54) is 6.92 Å². The minimum atomic E-state index is -1.17. The lowest BCUT2D eigenvalue weighted by Gasteiger charge is -2.18. The van der Waals surface area contributed by atoms with Crippen molar-refractivity contribution >= 4 is 17.7 Å². The lowest BCUT2D eigenvalue weighted by atomic mass is 9.97. The predicted octanol–water partition coefficient (Wildman–Crippen LogP) is 3.26. The van der Waals surface area contributed by atoms with Crippen molar-refractivity contribution in [1.82, 2.24) is 10.3 Å². The number of carbonyl (C=O) groups excluding carboxylic acids is 2. The molecule has 2 aromatic rings. The summed E-state index contributed by atoms with van der Waals surface area (Å²) in [7, 11) is 0. The summed E-state index contributed by atoms with van der Waals surface area (Å²) in [5.74, 6) is -1.80. The van der Waals surface area contributed by atoms with Crippen molar-refractivity contribution in [3.05, 3.63) is 57.4 Å². The highest BCUT2D eigenvalue weighted by Crippen LogP contribution is 2.24. The minimum Gasteiger partial charge on any atom is -0.479 e. The van der Waals surface area contributed by atoms with Gasteiger partial charge in [-0.3, -0.25) is 9.59 Å². The molecule has 0 aliphatic rings. The summed E-state index contributed by atoms with van der Waals surface area (Å²) in [4.78, 5) is 39.4. The first-order valence-corrected chi connectivity index (χ1v) is 8.51. The minimum absolute atomic E-state index is 0.126. The Bertz CT molecular complexity index is 880. The highest BCUT2D eigenvalue weighted by Gasteiger charge is 2.28. The van der Waals surface area contributed by atoms with Gasteiger partial charge in [0.15, 0.2) is 11.8 Å². The Morgan fingerprint density at radius 1 is 1.19 bits per heavy atom. The molecular formula is C20H24N2O4. The Morgan fingerprint density at radius 3 is 2.38 bits per heavy atom. The molecule has 6 heteroatoms. The fourth-order valence-corrected chi connectivity index (χ4v) is 3.26. The molecule has 3 N–H and O–H groups in total. The number of benzene rings is 1. The molecule has 1 heterocycles. The van der Waals surface area contributed by atoms with Gasteiger partial charge in [0.2, 0.25) is 0 Å². The van der Waals surface area contributed by atoms with Crippen molar-refractivity contribution in [2.24, 2.45) is 0 Å². The van der Waals surface area contributed by atoms with Crippen LogP contribution >= 0.6 is 0 Å². The highest BCUT2D eigenvalue weighted by atomic mass is 16.4. The molecule has 138 valence electrons. The third-order valence-corrected chi connectivity index (χ3v) is 4.70. The number of aromatic nitrogens is 1. The lowest BCUT2D eigenvalue weighted by Crippen LogP contribution is -2.35. The van der Waals surface area contributed by atoms with Crippen LogP contribution < -0.4 is 5.32 Å². The third kappa shape index (κ3) is 3.54. The molecule has 0 aliphatic carbocycles. The maximum absolute atomic E-state index is 12.8. The van der Waals surface area contributed by atoms with Crippen molar-refractivity contribution in [3.63, 3.8) is 0 Å². The van der Waals surface area contributed by atoms with Gasteiger partial charge < -0.3 is 15.4 Å². The van der Waals surface area contributed by atoms with E-state index in [0.717, 1.165) is 11.1 Å². The summed E-state index contributed by atoms with van der Waals surface area (Å²) in [6.07, 6.45) is 0.489. The van der Waals surface area contributed by atoms with Crippen molar-refractivity contribution in [1.29, 1.82) is 0 Å². The SMILES string of the molecule is CCc1c(C(=O)NC(C(=O)O)c2cccc(C)c2C)[nH]c(C)c1C(C)=O. The molecule has 1 unspecified atom stereocenters. The Hall–Kier alpha value is -2.89. The van der Waals surface area contributed by atoms with Gasteiger partial charge in [0.05, 0.1) is 0 Å². The number of rotatable bonds is 6. The smallest absolute Gasteiger partial charge is 0.330 e. The highest BCUT2D eigenvalue weighted by molar-refractivity contribution is 6.03. The monoisotopic (exact) mass is 356 g/mol. The molecule has 0 fully saturated rings. The van der Waals surface area contributed by atoms with Gasteiger partial charge in [-0.25, -0.2) is 4.79 Å². The number of aryl methyl sites for hydroxylation is 2. The van der Waals surface area contributed by atoms with Gasteiger partial charge >= 0.3 is 5.97 Å². The zero-order valence-electron chi connectivity index (χ0n) is 15.7. The van der Waals surface area contributed by atoms with Crippen LogP contribution in [0.3, 0.4) is 0 Å². The summed E-state index contributed by atoms with van der Waals surface area (Å²) in [5.41, 5.74) is 4.27. The van der Waals surface area contributed by atoms with Crippen LogP contribution in [-0.2, 0) is 11.2 Å². The van der Waals surface area contributed by atoms with E-state index in [1.807, 2.05) is 26.8 Å². The summed E-state index contributed by atoms with van der Waals surface area (Å²) in [6.45, 7) is 8.75. The van der Waals surface area contributed by atoms with Crippen LogP contribution in [-0.4, -0.2) is 27.8 Å². The fraction of sp³-hybridized carbons (Fsp3) is 0.350. The molecule has 0 saturated carbocycles. The van der Waals surface area contributed by atoms with Crippen molar-refractivity contribution in [3.8, 4) is 0 Å². The van der Waals surface area contributed by atoms with E-state index in [4.69, 9.17) is 0 Å². The summed E-state index contributed by atoms with van der Waals surface area (Å²) in [6, 6.07) is 4.19. The van der Waals surface area contributed by atoms with Gasteiger partial charge in [0.25, 0.3) is 5.91 Å². The molecular weight excluding hydrogens is 332 g/mol. The summed E-state index contributed by atoms with van der Waals surface area (Å²) < 4.78 is 0. The Morgan fingerprint density at radius 2 is 1.85 bits per heavy atom. The molecule has 0 spiro atoms. The molecule has 1 aromatic carbocycles. The first kappa shape index (κ1) is 19.4. The van der Waals surface area contributed by atoms with Gasteiger partial charge in [-0.05, 0) is 56.4 Å². The largest absolute Gasteiger partial charge is 0.479 e. The van der Waals surface area contributed by atoms with E-state index >= 15 is 0 Å². The zero-order chi connectivity index (χ0) is 19.6. The Balaban J connectivity index is 2.44. The van der Waals surface area contributed by atoms with Crippen molar-refractivity contribution < 1.29 is 19.5 Å². The average molecular weight is 356 g/mol. The summed E-state index contributed by atoms with van der Waals surface area (Å²) >= 11 is 0. The standard InChI is InChI=1S/C20H24N2O4/c1-6-14-16(13(5)23)12(4)21-17(14)19(24)22-18(20(25)26)15-9-7-8-10(2)11(15)3/h7-9,18,21H,6H2,1-5H3,(H,22,24)(H,25,26). The predicted molar refractivity (Wildman–Crippen MR) is 98.7 cm³/mol. The van der Waals surface area contributed by atoms with Crippen LogP contribution in [0.2, 0.25) is 0 Å². The van der Waals surface area contributed by atoms with E-state index in [2.05, 4.69) is 10.3 Å². The number of hydrogen-bond donors (Lipinski definition) is 3. The maximum atomic E-state index is 12.8. The second-order valence-corrected chi connectivity index (χ2v) is 6.42. The number of carboxylic acid groups (broad SMARTS) is 1. The average Bonchev–Trinajstić information content (AvgIpc) is 2.91. The first-order valence-electron chi connectivity index (χ1n) is 8.51. The van der Waals surface area contributed by atoms with Gasteiger partial charge in [0.1, 0.15) is 5.69 Å². The molecule has 0 bridgehead atoms.